The minimum absolute atomic E-state index is 1.27. The van der Waals surface area contributed by atoms with Gasteiger partial charge >= 0.3 is 0 Å². The van der Waals surface area contributed by atoms with E-state index in [1.807, 2.05) is 0 Å². The van der Waals surface area contributed by atoms with Crippen LogP contribution in [0.1, 0.15) is 66.8 Å². The zero-order valence-corrected chi connectivity index (χ0v) is 12.3. The summed E-state index contributed by atoms with van der Waals surface area (Å²) in [6.07, 6.45) is 8.14. The second kappa shape index (κ2) is 6.83. The Labute approximate surface area is 107 Å². The second-order valence-corrected chi connectivity index (χ2v) is 5.40. The molecule has 0 heterocycles. The van der Waals surface area contributed by atoms with E-state index in [9.17, 15) is 0 Å². The zero-order valence-electron chi connectivity index (χ0n) is 12.3. The zero-order chi connectivity index (χ0) is 12.8. The number of benzene rings is 1. The van der Waals surface area contributed by atoms with Crippen LogP contribution in [0.3, 0.4) is 0 Å². The van der Waals surface area contributed by atoms with Crippen LogP contribution in [0.2, 0.25) is 0 Å². The van der Waals surface area contributed by atoms with E-state index in [0.717, 1.165) is 0 Å². The van der Waals surface area contributed by atoms with Gasteiger partial charge in [0.2, 0.25) is 0 Å². The summed E-state index contributed by atoms with van der Waals surface area (Å²) in [6, 6.07) is 2.35. The monoisotopic (exact) mass is 232 g/mol. The maximum atomic E-state index is 2.35. The van der Waals surface area contributed by atoms with Gasteiger partial charge < -0.3 is 0 Å². The van der Waals surface area contributed by atoms with Crippen molar-refractivity contribution >= 4 is 0 Å². The third kappa shape index (κ3) is 3.87. The van der Waals surface area contributed by atoms with Crippen LogP contribution in [0.4, 0.5) is 0 Å². The van der Waals surface area contributed by atoms with Gasteiger partial charge in [-0.25, -0.2) is 0 Å². The molecule has 0 atom stereocenters. The molecule has 0 fully saturated rings. The first-order valence-electron chi connectivity index (χ1n) is 7.14. The van der Waals surface area contributed by atoms with E-state index < -0.39 is 0 Å². The van der Waals surface area contributed by atoms with Gasteiger partial charge in [-0.2, -0.15) is 0 Å². The minimum Gasteiger partial charge on any atom is -0.0654 e. The van der Waals surface area contributed by atoms with Gasteiger partial charge in [-0.05, 0) is 68.4 Å². The van der Waals surface area contributed by atoms with Gasteiger partial charge in [-0.1, -0.05) is 38.7 Å². The summed E-state index contributed by atoms with van der Waals surface area (Å²) in [4.78, 5) is 0. The van der Waals surface area contributed by atoms with Crippen molar-refractivity contribution in [3.8, 4) is 0 Å². The van der Waals surface area contributed by atoms with E-state index in [0.29, 0.717) is 0 Å². The van der Waals surface area contributed by atoms with Crippen molar-refractivity contribution in [1.29, 1.82) is 0 Å². The highest BCUT2D eigenvalue weighted by molar-refractivity contribution is 5.43. The molecule has 0 aliphatic heterocycles. The molecule has 0 nitrogen and oxygen atoms in total. The molecule has 0 amide bonds. The molecule has 0 unspecified atom stereocenters. The Balaban J connectivity index is 2.62. The Kier molecular flexibility index (Phi) is 5.74. The largest absolute Gasteiger partial charge is 0.0654 e. The molecule has 0 spiro atoms. The first-order valence-corrected chi connectivity index (χ1v) is 7.14. The number of hydrogen-bond donors (Lipinski definition) is 0. The standard InChI is InChI=1S/C17H28/c1-6-7-8-9-10-11-17-14(3)12-13(2)15(4)16(17)5/h12H,6-11H2,1-5H3. The molecule has 0 aromatic heterocycles. The van der Waals surface area contributed by atoms with Gasteiger partial charge in [-0.15, -0.1) is 0 Å². The van der Waals surface area contributed by atoms with Crippen molar-refractivity contribution in [3.63, 3.8) is 0 Å². The van der Waals surface area contributed by atoms with Gasteiger partial charge in [0.05, 0.1) is 0 Å². The summed E-state index contributed by atoms with van der Waals surface area (Å²) in [5, 5.41) is 0. The molecular formula is C17H28. The van der Waals surface area contributed by atoms with E-state index in [-0.39, 0.29) is 0 Å². The van der Waals surface area contributed by atoms with E-state index in [2.05, 4.69) is 40.7 Å². The number of rotatable bonds is 6. The lowest BCUT2D eigenvalue weighted by atomic mass is 9.91. The van der Waals surface area contributed by atoms with Crippen molar-refractivity contribution in [2.45, 2.75) is 73.1 Å². The molecule has 0 radical (unpaired) electrons. The number of aryl methyl sites for hydroxylation is 2. The summed E-state index contributed by atoms with van der Waals surface area (Å²) in [6.45, 7) is 11.3. The topological polar surface area (TPSA) is 0 Å². The minimum atomic E-state index is 1.27. The maximum Gasteiger partial charge on any atom is -0.0274 e. The molecule has 0 heteroatoms. The van der Waals surface area contributed by atoms with Gasteiger partial charge in [0, 0.05) is 0 Å². The maximum absolute atomic E-state index is 2.35. The van der Waals surface area contributed by atoms with Gasteiger partial charge in [0.25, 0.3) is 0 Å². The van der Waals surface area contributed by atoms with Crippen LogP contribution in [-0.2, 0) is 6.42 Å². The van der Waals surface area contributed by atoms with Crippen LogP contribution in [0.5, 0.6) is 0 Å². The summed E-state index contributed by atoms with van der Waals surface area (Å²) in [7, 11) is 0. The van der Waals surface area contributed by atoms with Crippen LogP contribution in [0, 0.1) is 27.7 Å². The van der Waals surface area contributed by atoms with E-state index in [4.69, 9.17) is 0 Å². The Morgan fingerprint density at radius 1 is 0.765 bits per heavy atom. The molecule has 1 aromatic carbocycles. The quantitative estimate of drug-likeness (QED) is 0.573. The molecular weight excluding hydrogens is 204 g/mol. The molecule has 0 aliphatic rings. The molecule has 96 valence electrons. The van der Waals surface area contributed by atoms with Crippen molar-refractivity contribution in [2.24, 2.45) is 0 Å². The third-order valence-corrected chi connectivity index (χ3v) is 4.05. The Bertz CT molecular complexity index is 361. The van der Waals surface area contributed by atoms with E-state index in [1.54, 1.807) is 5.56 Å². The molecule has 0 saturated heterocycles. The van der Waals surface area contributed by atoms with Crippen LogP contribution in [-0.4, -0.2) is 0 Å². The van der Waals surface area contributed by atoms with Crippen LogP contribution < -0.4 is 0 Å². The molecule has 0 bridgehead atoms. The van der Waals surface area contributed by atoms with Crippen LogP contribution in [0.15, 0.2) is 6.07 Å². The smallest absolute Gasteiger partial charge is 0.0274 e. The van der Waals surface area contributed by atoms with Crippen LogP contribution in [0.25, 0.3) is 0 Å². The van der Waals surface area contributed by atoms with Crippen molar-refractivity contribution in [2.75, 3.05) is 0 Å². The first kappa shape index (κ1) is 14.3. The molecule has 17 heavy (non-hydrogen) atoms. The Hall–Kier alpha value is -0.780. The van der Waals surface area contributed by atoms with Crippen molar-refractivity contribution < 1.29 is 0 Å². The lowest BCUT2D eigenvalue weighted by Gasteiger charge is -2.15. The Morgan fingerprint density at radius 3 is 2.06 bits per heavy atom. The number of unbranched alkanes of at least 4 members (excludes halogenated alkanes) is 4. The number of hydrogen-bond acceptors (Lipinski definition) is 0. The fourth-order valence-corrected chi connectivity index (χ4v) is 2.63. The van der Waals surface area contributed by atoms with E-state index >= 15 is 0 Å². The van der Waals surface area contributed by atoms with Gasteiger partial charge in [0.1, 0.15) is 0 Å². The van der Waals surface area contributed by atoms with Gasteiger partial charge in [-0.3, -0.25) is 0 Å². The third-order valence-electron chi connectivity index (χ3n) is 4.05. The fourth-order valence-electron chi connectivity index (χ4n) is 2.63. The predicted octanol–water partition coefficient (Wildman–Crippen LogP) is 5.43. The van der Waals surface area contributed by atoms with Gasteiger partial charge in [0.15, 0.2) is 0 Å². The molecule has 0 N–H and O–H groups in total. The molecule has 0 aliphatic carbocycles. The highest BCUT2D eigenvalue weighted by Gasteiger charge is 2.07. The average Bonchev–Trinajstić information content (AvgIpc) is 2.30. The normalized spacial score (nSPS) is 10.9. The van der Waals surface area contributed by atoms with Crippen LogP contribution >= 0.6 is 0 Å². The summed E-state index contributed by atoms with van der Waals surface area (Å²) in [5.41, 5.74) is 7.54. The average molecular weight is 232 g/mol. The lowest BCUT2D eigenvalue weighted by Crippen LogP contribution is -1.99. The summed E-state index contributed by atoms with van der Waals surface area (Å²) < 4.78 is 0. The predicted molar refractivity (Wildman–Crippen MR) is 77.9 cm³/mol. The first-order chi connectivity index (χ1) is 8.07. The summed E-state index contributed by atoms with van der Waals surface area (Å²) >= 11 is 0. The lowest BCUT2D eigenvalue weighted by molar-refractivity contribution is 0.630. The second-order valence-electron chi connectivity index (χ2n) is 5.40. The Morgan fingerprint density at radius 2 is 1.41 bits per heavy atom. The van der Waals surface area contributed by atoms with Crippen molar-refractivity contribution in [1.82, 2.24) is 0 Å². The highest BCUT2D eigenvalue weighted by Crippen LogP contribution is 2.23. The van der Waals surface area contributed by atoms with E-state index in [1.165, 1.54) is 60.8 Å². The molecule has 0 saturated carbocycles. The molecule has 1 aromatic rings. The fraction of sp³-hybridized carbons (Fsp3) is 0.647. The SMILES string of the molecule is CCCCCCCc1c(C)cc(C)c(C)c1C. The van der Waals surface area contributed by atoms with Crippen molar-refractivity contribution in [3.05, 3.63) is 33.9 Å². The molecule has 1 rings (SSSR count). The highest BCUT2D eigenvalue weighted by atomic mass is 14.1. The summed E-state index contributed by atoms with van der Waals surface area (Å²) in [5.74, 6) is 0.